The van der Waals surface area contributed by atoms with Gasteiger partial charge in [-0.1, -0.05) is 133 Å². The third-order valence-electron chi connectivity index (χ3n) is 10.7. The summed E-state index contributed by atoms with van der Waals surface area (Å²) in [4.78, 5) is 4.91. The normalized spacial score (nSPS) is 14.0. The van der Waals surface area contributed by atoms with Crippen LogP contribution < -0.4 is 0 Å². The van der Waals surface area contributed by atoms with Gasteiger partial charge in [0.25, 0.3) is 0 Å². The van der Waals surface area contributed by atoms with Gasteiger partial charge >= 0.3 is 0 Å². The average Bonchev–Trinajstić information content (AvgIpc) is 3.71. The Hall–Kier alpha value is -5.79. The zero-order valence-electron chi connectivity index (χ0n) is 24.4. The van der Waals surface area contributed by atoms with Gasteiger partial charge in [0, 0.05) is 22.7 Å². The molecule has 0 unspecified atom stereocenters. The molecule has 0 atom stereocenters. The van der Waals surface area contributed by atoms with Crippen LogP contribution in [0.15, 0.2) is 152 Å². The summed E-state index contributed by atoms with van der Waals surface area (Å²) in [6.45, 7) is 0. The van der Waals surface area contributed by atoms with Crippen molar-refractivity contribution in [3.05, 3.63) is 174 Å². The number of hydrogen-bond donors (Lipinski definition) is 0. The van der Waals surface area contributed by atoms with E-state index in [0.29, 0.717) is 0 Å². The van der Waals surface area contributed by atoms with Crippen LogP contribution in [0, 0.1) is 0 Å². The zero-order chi connectivity index (χ0) is 29.3. The van der Waals surface area contributed by atoms with Crippen LogP contribution in [-0.2, 0) is 5.41 Å². The number of aromatic nitrogens is 1. The highest BCUT2D eigenvalue weighted by atomic mass is 14.7. The van der Waals surface area contributed by atoms with Gasteiger partial charge < -0.3 is 0 Å². The monoisotopic (exact) mass is 567 g/mol. The van der Waals surface area contributed by atoms with Crippen molar-refractivity contribution in [3.63, 3.8) is 0 Å². The summed E-state index contributed by atoms with van der Waals surface area (Å²) < 4.78 is 0. The standard InChI is InChI=1S/C44H25N/c1-2-15-32-31(14-1)40(35-17-9-16-33-34-18-10-24-45-43(34)42(32)41(33)35)26-22-23-30-29-13-5-8-21-38(29)44(39(30)25-26)36-19-6-3-11-27(36)28-12-4-7-20-37(28)44/h1-25H. The van der Waals surface area contributed by atoms with Crippen molar-refractivity contribution >= 4 is 21.5 Å². The summed E-state index contributed by atoms with van der Waals surface area (Å²) in [6.07, 6.45) is 1.92. The first-order valence-corrected chi connectivity index (χ1v) is 15.7. The molecule has 0 amide bonds. The molecule has 1 heterocycles. The molecule has 206 valence electrons. The van der Waals surface area contributed by atoms with Crippen molar-refractivity contribution in [3.8, 4) is 55.8 Å². The predicted octanol–water partition coefficient (Wildman–Crippen LogP) is 11.0. The molecule has 0 saturated carbocycles. The summed E-state index contributed by atoms with van der Waals surface area (Å²) in [7, 11) is 0. The number of benzene rings is 7. The number of hydrogen-bond acceptors (Lipinski definition) is 1. The molecule has 1 aromatic heterocycles. The number of nitrogens with zero attached hydrogens (tertiary/aromatic N) is 1. The zero-order valence-corrected chi connectivity index (χ0v) is 24.4. The highest BCUT2D eigenvalue weighted by Crippen LogP contribution is 2.63. The van der Waals surface area contributed by atoms with Crippen LogP contribution in [0.1, 0.15) is 22.3 Å². The lowest BCUT2D eigenvalue weighted by Crippen LogP contribution is -2.25. The molecule has 0 saturated heterocycles. The fourth-order valence-electron chi connectivity index (χ4n) is 9.08. The largest absolute Gasteiger partial charge is 0.256 e. The molecular weight excluding hydrogens is 542 g/mol. The smallest absolute Gasteiger partial charge is 0.0793 e. The van der Waals surface area contributed by atoms with Gasteiger partial charge in [-0.3, -0.25) is 4.98 Å². The van der Waals surface area contributed by atoms with Gasteiger partial charge in [0.05, 0.1) is 11.1 Å². The van der Waals surface area contributed by atoms with Crippen molar-refractivity contribution in [2.24, 2.45) is 0 Å². The maximum atomic E-state index is 4.91. The SMILES string of the molecule is c1ccc2c(c1)-c1ccccc1C21c2ccccc2-c2ccc(-c3c4ccccc4c4c5c(cccc35)-c3cccnc3-4)cc21. The van der Waals surface area contributed by atoms with Crippen molar-refractivity contribution < 1.29 is 0 Å². The van der Waals surface area contributed by atoms with Crippen LogP contribution in [0.25, 0.3) is 77.3 Å². The second-order valence-corrected chi connectivity index (χ2v) is 12.6. The quantitative estimate of drug-likeness (QED) is 0.180. The Balaban J connectivity index is 1.28. The minimum Gasteiger partial charge on any atom is -0.256 e. The van der Waals surface area contributed by atoms with Crippen LogP contribution >= 0.6 is 0 Å². The van der Waals surface area contributed by atoms with Crippen LogP contribution in [0.2, 0.25) is 0 Å². The van der Waals surface area contributed by atoms with E-state index in [1.54, 1.807) is 0 Å². The lowest BCUT2D eigenvalue weighted by molar-refractivity contribution is 0.794. The Morgan fingerprint density at radius 2 is 0.911 bits per heavy atom. The molecule has 3 aliphatic carbocycles. The van der Waals surface area contributed by atoms with Crippen LogP contribution in [0.3, 0.4) is 0 Å². The van der Waals surface area contributed by atoms with Gasteiger partial charge in [-0.2, -0.15) is 0 Å². The van der Waals surface area contributed by atoms with E-state index in [2.05, 4.69) is 146 Å². The number of pyridine rings is 1. The molecule has 1 spiro atoms. The third kappa shape index (κ3) is 2.70. The van der Waals surface area contributed by atoms with Crippen molar-refractivity contribution in [1.29, 1.82) is 0 Å². The molecule has 3 aliphatic rings. The fraction of sp³-hybridized carbons (Fsp3) is 0.0227. The molecule has 0 N–H and O–H groups in total. The van der Waals surface area contributed by atoms with Gasteiger partial charge in [0.1, 0.15) is 0 Å². The molecule has 0 radical (unpaired) electrons. The van der Waals surface area contributed by atoms with Crippen LogP contribution in [0.5, 0.6) is 0 Å². The van der Waals surface area contributed by atoms with Gasteiger partial charge in [-0.15, -0.1) is 0 Å². The highest BCUT2D eigenvalue weighted by Gasteiger charge is 2.51. The van der Waals surface area contributed by atoms with Crippen LogP contribution in [-0.4, -0.2) is 4.98 Å². The third-order valence-corrected chi connectivity index (χ3v) is 10.7. The molecular formula is C44H25N. The lowest BCUT2D eigenvalue weighted by Gasteiger charge is -2.30. The van der Waals surface area contributed by atoms with Gasteiger partial charge in [-0.05, 0) is 89.5 Å². The highest BCUT2D eigenvalue weighted by molar-refractivity contribution is 6.28. The minimum atomic E-state index is -0.361. The number of rotatable bonds is 1. The number of fused-ring (bicyclic) bond motifs is 15. The summed E-state index contributed by atoms with van der Waals surface area (Å²) in [6, 6.07) is 54.4. The molecule has 7 aromatic carbocycles. The summed E-state index contributed by atoms with van der Waals surface area (Å²) in [5.74, 6) is 0. The Morgan fingerprint density at radius 1 is 0.378 bits per heavy atom. The van der Waals surface area contributed by atoms with Crippen molar-refractivity contribution in [2.75, 3.05) is 0 Å². The maximum absolute atomic E-state index is 4.91. The van der Waals surface area contributed by atoms with E-state index in [0.717, 1.165) is 5.69 Å². The predicted molar refractivity (Wildman–Crippen MR) is 185 cm³/mol. The molecule has 1 heteroatoms. The minimum absolute atomic E-state index is 0.361. The van der Waals surface area contributed by atoms with E-state index in [-0.39, 0.29) is 5.41 Å². The molecule has 0 aliphatic heterocycles. The lowest BCUT2D eigenvalue weighted by atomic mass is 9.70. The van der Waals surface area contributed by atoms with Gasteiger partial charge in [0.15, 0.2) is 0 Å². The molecule has 0 bridgehead atoms. The first kappa shape index (κ1) is 23.6. The van der Waals surface area contributed by atoms with E-state index >= 15 is 0 Å². The average molecular weight is 568 g/mol. The first-order valence-electron chi connectivity index (χ1n) is 15.7. The van der Waals surface area contributed by atoms with E-state index < -0.39 is 0 Å². The Bertz CT molecular complexity index is 2540. The fourth-order valence-corrected chi connectivity index (χ4v) is 9.08. The summed E-state index contributed by atoms with van der Waals surface area (Å²) in [5.41, 5.74) is 17.9. The molecule has 8 aromatic rings. The topological polar surface area (TPSA) is 12.9 Å². The van der Waals surface area contributed by atoms with Gasteiger partial charge in [0.2, 0.25) is 0 Å². The Morgan fingerprint density at radius 3 is 1.60 bits per heavy atom. The van der Waals surface area contributed by atoms with E-state index in [1.807, 2.05) is 6.20 Å². The second kappa shape index (κ2) is 8.22. The summed E-state index contributed by atoms with van der Waals surface area (Å²) in [5, 5.41) is 5.14. The molecule has 1 nitrogen and oxygen atoms in total. The van der Waals surface area contributed by atoms with Crippen molar-refractivity contribution in [2.45, 2.75) is 5.41 Å². The van der Waals surface area contributed by atoms with Gasteiger partial charge in [-0.25, -0.2) is 0 Å². The molecule has 45 heavy (non-hydrogen) atoms. The molecule has 0 fully saturated rings. The Labute approximate surface area is 261 Å². The Kier molecular flexibility index (Phi) is 4.32. The summed E-state index contributed by atoms with van der Waals surface area (Å²) >= 11 is 0. The maximum Gasteiger partial charge on any atom is 0.0793 e. The molecule has 11 rings (SSSR count). The van der Waals surface area contributed by atoms with E-state index in [4.69, 9.17) is 4.98 Å². The second-order valence-electron chi connectivity index (χ2n) is 12.6. The van der Waals surface area contributed by atoms with Crippen molar-refractivity contribution in [1.82, 2.24) is 4.98 Å². The van der Waals surface area contributed by atoms with E-state index in [1.165, 1.54) is 93.9 Å². The van der Waals surface area contributed by atoms with E-state index in [9.17, 15) is 0 Å². The first-order chi connectivity index (χ1) is 22.4. The van der Waals surface area contributed by atoms with Crippen LogP contribution in [0.4, 0.5) is 0 Å².